The van der Waals surface area contributed by atoms with Crippen LogP contribution in [0.5, 0.6) is 0 Å². The Kier molecular flexibility index (Phi) is 8.24. The smallest absolute Gasteiger partial charge is 0.466 e. The van der Waals surface area contributed by atoms with E-state index in [2.05, 4.69) is 41.4 Å². The summed E-state index contributed by atoms with van der Waals surface area (Å²) in [5, 5.41) is 14.3. The molecule has 1 unspecified atom stereocenters. The van der Waals surface area contributed by atoms with Crippen molar-refractivity contribution in [3.05, 3.63) is 52.8 Å². The standard InChI is InChI=1S/C24H29N3O6/c1-15-12-20(27(6)26-15)22(32-16(2)33-23(29)31-14-21(28)30-7)19(13-25)17-8-10-18(11-9-17)24(3,4)5/h8-12,16H,14H2,1-7H3/b22-19-. The van der Waals surface area contributed by atoms with Gasteiger partial charge in [0.1, 0.15) is 17.3 Å². The van der Waals surface area contributed by atoms with Crippen molar-refractivity contribution in [2.24, 2.45) is 7.05 Å². The van der Waals surface area contributed by atoms with Crippen LogP contribution in [0, 0.1) is 18.3 Å². The second-order valence-electron chi connectivity index (χ2n) is 8.36. The van der Waals surface area contributed by atoms with Gasteiger partial charge in [0, 0.05) is 14.0 Å². The van der Waals surface area contributed by atoms with Gasteiger partial charge in [-0.3, -0.25) is 4.68 Å². The predicted molar refractivity (Wildman–Crippen MR) is 121 cm³/mol. The average molecular weight is 456 g/mol. The lowest BCUT2D eigenvalue weighted by Crippen LogP contribution is -2.22. The minimum Gasteiger partial charge on any atom is -0.466 e. The summed E-state index contributed by atoms with van der Waals surface area (Å²) in [6.07, 6.45) is -2.24. The molecule has 9 nitrogen and oxygen atoms in total. The highest BCUT2D eigenvalue weighted by Gasteiger charge is 2.23. The summed E-state index contributed by atoms with van der Waals surface area (Å²) in [5.74, 6) is -0.533. The number of esters is 1. The summed E-state index contributed by atoms with van der Waals surface area (Å²) in [4.78, 5) is 23.0. The summed E-state index contributed by atoms with van der Waals surface area (Å²) in [7, 11) is 2.90. The molecule has 9 heteroatoms. The second kappa shape index (κ2) is 10.7. The third kappa shape index (κ3) is 6.84. The molecule has 0 aliphatic rings. The molecule has 0 radical (unpaired) electrons. The zero-order chi connectivity index (χ0) is 24.8. The lowest BCUT2D eigenvalue weighted by Gasteiger charge is -2.20. The molecule has 1 heterocycles. The number of hydrogen-bond donors (Lipinski definition) is 0. The zero-order valence-electron chi connectivity index (χ0n) is 20.0. The van der Waals surface area contributed by atoms with E-state index in [4.69, 9.17) is 9.47 Å². The van der Waals surface area contributed by atoms with Crippen molar-refractivity contribution in [1.82, 2.24) is 9.78 Å². The Hall–Kier alpha value is -3.80. The Morgan fingerprint density at radius 3 is 2.30 bits per heavy atom. The van der Waals surface area contributed by atoms with Crippen molar-refractivity contribution >= 4 is 23.5 Å². The van der Waals surface area contributed by atoms with Crippen molar-refractivity contribution in [2.75, 3.05) is 13.7 Å². The van der Waals surface area contributed by atoms with Crippen LogP contribution in [0.2, 0.25) is 0 Å². The molecule has 0 saturated carbocycles. The first kappa shape index (κ1) is 25.5. The van der Waals surface area contributed by atoms with Gasteiger partial charge in [0.05, 0.1) is 12.8 Å². The van der Waals surface area contributed by atoms with Gasteiger partial charge in [-0.2, -0.15) is 10.4 Å². The van der Waals surface area contributed by atoms with Gasteiger partial charge >= 0.3 is 12.1 Å². The normalized spacial score (nSPS) is 12.8. The molecule has 0 N–H and O–H groups in total. The number of aromatic nitrogens is 2. The predicted octanol–water partition coefficient (Wildman–Crippen LogP) is 4.11. The van der Waals surface area contributed by atoms with Gasteiger partial charge < -0.3 is 18.9 Å². The van der Waals surface area contributed by atoms with Crippen molar-refractivity contribution < 1.29 is 28.5 Å². The van der Waals surface area contributed by atoms with E-state index < -0.39 is 25.0 Å². The van der Waals surface area contributed by atoms with E-state index in [1.54, 1.807) is 17.8 Å². The molecule has 0 aliphatic heterocycles. The maximum atomic E-state index is 11.9. The number of carbonyl (C=O) groups is 2. The topological polar surface area (TPSA) is 113 Å². The van der Waals surface area contributed by atoms with E-state index >= 15 is 0 Å². The lowest BCUT2D eigenvalue weighted by molar-refractivity contribution is -0.146. The van der Waals surface area contributed by atoms with Gasteiger partial charge in [-0.15, -0.1) is 0 Å². The van der Waals surface area contributed by atoms with E-state index in [1.807, 2.05) is 31.2 Å². The first-order valence-corrected chi connectivity index (χ1v) is 10.3. The monoisotopic (exact) mass is 455 g/mol. The molecule has 176 valence electrons. The van der Waals surface area contributed by atoms with Crippen LogP contribution in [0.15, 0.2) is 30.3 Å². The highest BCUT2D eigenvalue weighted by atomic mass is 16.8. The number of benzene rings is 1. The van der Waals surface area contributed by atoms with Crippen LogP contribution in [0.3, 0.4) is 0 Å². The SMILES string of the molecule is COC(=O)COC(=O)OC(C)O/C(=C(/C#N)c1ccc(C(C)(C)C)cc1)c1cc(C)nn1C. The van der Waals surface area contributed by atoms with Crippen LogP contribution in [0.25, 0.3) is 11.3 Å². The van der Waals surface area contributed by atoms with Crippen LogP contribution in [0.4, 0.5) is 4.79 Å². The number of allylic oxidation sites excluding steroid dienone is 1. The number of carbonyl (C=O) groups excluding carboxylic acids is 2. The maximum absolute atomic E-state index is 11.9. The Balaban J connectivity index is 2.40. The van der Waals surface area contributed by atoms with Crippen molar-refractivity contribution in [3.8, 4) is 6.07 Å². The molecule has 1 atom stereocenters. The van der Waals surface area contributed by atoms with E-state index in [0.717, 1.165) is 11.3 Å². The molecular formula is C24H29N3O6. The van der Waals surface area contributed by atoms with Gasteiger partial charge in [0.15, 0.2) is 12.4 Å². The molecule has 0 aliphatic carbocycles. The number of nitriles is 1. The molecular weight excluding hydrogens is 426 g/mol. The van der Waals surface area contributed by atoms with E-state index in [-0.39, 0.29) is 16.7 Å². The number of rotatable bonds is 7. The molecule has 33 heavy (non-hydrogen) atoms. The lowest BCUT2D eigenvalue weighted by atomic mass is 9.86. The van der Waals surface area contributed by atoms with E-state index in [1.165, 1.54) is 14.0 Å². The molecule has 0 amide bonds. The van der Waals surface area contributed by atoms with Gasteiger partial charge in [-0.25, -0.2) is 9.59 Å². The molecule has 0 spiro atoms. The Labute approximate surface area is 193 Å². The minimum absolute atomic E-state index is 0.0412. The van der Waals surface area contributed by atoms with Crippen molar-refractivity contribution in [2.45, 2.75) is 46.3 Å². The average Bonchev–Trinajstić information content (AvgIpc) is 3.09. The highest BCUT2D eigenvalue weighted by molar-refractivity contribution is 5.94. The van der Waals surface area contributed by atoms with E-state index in [9.17, 15) is 14.9 Å². The molecule has 0 saturated heterocycles. The summed E-state index contributed by atoms with van der Waals surface area (Å²) in [5.41, 5.74) is 3.21. The van der Waals surface area contributed by atoms with Crippen molar-refractivity contribution in [1.29, 1.82) is 5.26 Å². The summed E-state index contributed by atoms with van der Waals surface area (Å²) in [6, 6.07) is 11.6. The first-order chi connectivity index (χ1) is 15.5. The summed E-state index contributed by atoms with van der Waals surface area (Å²) in [6.45, 7) is 9.02. The van der Waals surface area contributed by atoms with Crippen molar-refractivity contribution in [3.63, 3.8) is 0 Å². The van der Waals surface area contributed by atoms with Crippen LogP contribution in [-0.2, 0) is 36.2 Å². The number of nitrogens with zero attached hydrogens (tertiary/aromatic N) is 3. The molecule has 2 rings (SSSR count). The fourth-order valence-electron chi connectivity index (χ4n) is 2.99. The number of hydrogen-bond acceptors (Lipinski definition) is 8. The third-order valence-corrected chi connectivity index (χ3v) is 4.69. The Morgan fingerprint density at radius 1 is 1.18 bits per heavy atom. The number of methoxy groups -OCH3 is 1. The second-order valence-corrected chi connectivity index (χ2v) is 8.36. The molecule has 2 aromatic rings. The van der Waals surface area contributed by atoms with Crippen LogP contribution >= 0.6 is 0 Å². The third-order valence-electron chi connectivity index (χ3n) is 4.69. The molecule has 0 fully saturated rings. The fraction of sp³-hybridized carbons (Fsp3) is 0.417. The zero-order valence-corrected chi connectivity index (χ0v) is 20.0. The van der Waals surface area contributed by atoms with E-state index in [0.29, 0.717) is 11.3 Å². The van der Waals surface area contributed by atoms with Crippen LogP contribution in [-0.4, -0.2) is 41.9 Å². The van der Waals surface area contributed by atoms with Crippen LogP contribution in [0.1, 0.15) is 50.2 Å². The fourth-order valence-corrected chi connectivity index (χ4v) is 2.99. The van der Waals surface area contributed by atoms with Gasteiger partial charge in [-0.1, -0.05) is 45.0 Å². The maximum Gasteiger partial charge on any atom is 0.511 e. The summed E-state index contributed by atoms with van der Waals surface area (Å²) >= 11 is 0. The molecule has 1 aromatic heterocycles. The quantitative estimate of drug-likeness (QED) is 0.265. The largest absolute Gasteiger partial charge is 0.511 e. The van der Waals surface area contributed by atoms with Gasteiger partial charge in [0.2, 0.25) is 6.29 Å². The summed E-state index contributed by atoms with van der Waals surface area (Å²) < 4.78 is 21.6. The van der Waals surface area contributed by atoms with Gasteiger partial charge in [-0.05, 0) is 29.5 Å². The minimum atomic E-state index is -1.13. The Bertz CT molecular complexity index is 1070. The molecule has 0 bridgehead atoms. The Morgan fingerprint density at radius 2 is 1.82 bits per heavy atom. The molecule has 1 aromatic carbocycles. The number of aryl methyl sites for hydroxylation is 2. The first-order valence-electron chi connectivity index (χ1n) is 10.3. The highest BCUT2D eigenvalue weighted by Crippen LogP contribution is 2.30. The van der Waals surface area contributed by atoms with Crippen LogP contribution < -0.4 is 0 Å². The van der Waals surface area contributed by atoms with Gasteiger partial charge in [0.25, 0.3) is 0 Å². The number of ether oxygens (including phenoxy) is 4.